The molecule has 0 bridgehead atoms. The van der Waals surface area contributed by atoms with Crippen LogP contribution in [0.4, 0.5) is 29.1 Å². The summed E-state index contributed by atoms with van der Waals surface area (Å²) in [5.41, 5.74) is 12.7. The van der Waals surface area contributed by atoms with E-state index in [1.165, 1.54) is 34.6 Å². The number of rotatable bonds is 8. The van der Waals surface area contributed by atoms with Crippen LogP contribution >= 0.6 is 0 Å². The van der Waals surface area contributed by atoms with Crippen molar-refractivity contribution in [3.8, 4) is 0 Å². The highest BCUT2D eigenvalue weighted by Gasteiger charge is 2.38. The van der Waals surface area contributed by atoms with Gasteiger partial charge in [0.05, 0.1) is 6.20 Å². The number of carbonyl (C=O) groups excluding carboxylic acids is 1. The fraction of sp³-hybridized carbons (Fsp3) is 0.457. The van der Waals surface area contributed by atoms with E-state index in [-0.39, 0.29) is 17.8 Å². The lowest BCUT2D eigenvalue weighted by Gasteiger charge is -2.40. The third-order valence-electron chi connectivity index (χ3n) is 8.83. The van der Waals surface area contributed by atoms with E-state index in [0.717, 1.165) is 62.5 Å². The molecule has 1 amide bonds. The van der Waals surface area contributed by atoms with Crippen molar-refractivity contribution in [3.63, 3.8) is 0 Å². The van der Waals surface area contributed by atoms with E-state index in [2.05, 4.69) is 69.9 Å². The molecule has 2 saturated heterocycles. The first-order valence-corrected chi connectivity index (χ1v) is 16.1. The van der Waals surface area contributed by atoms with Gasteiger partial charge in [-0.1, -0.05) is 24.3 Å². The van der Waals surface area contributed by atoms with Gasteiger partial charge < -0.3 is 25.5 Å². The number of pyridine rings is 1. The minimum absolute atomic E-state index is 0.0214. The van der Waals surface area contributed by atoms with Crippen molar-refractivity contribution in [2.75, 3.05) is 62.2 Å². The molecule has 3 aromatic rings. The van der Waals surface area contributed by atoms with Crippen LogP contribution in [0.25, 0.3) is 0 Å². The van der Waals surface area contributed by atoms with Gasteiger partial charge in [-0.15, -0.1) is 0 Å². The highest BCUT2D eigenvalue weighted by Crippen LogP contribution is 2.26. The number of aliphatic carboxylic acids is 1. The summed E-state index contributed by atoms with van der Waals surface area (Å²) < 4.78 is 45.1. The standard InChI is InChI=1S/C33H43FN6O.C2HF3O2/c1-24-19-25(2)30(33(41)40-18-17-39(22-26(40)3)32-11-10-29(34)21-36-32)20-28(24)23-37-13-15-38(16-14-37)31-9-5-4-7-27(31)8-6-12-35;3-2(4,5)1(6)7/h4-5,7,9-11,19-21,26H,6,8,12-18,22-23,35H2,1-3H3;(H,6,7)/t26-;/m0./s1. The molecule has 3 N–H and O–H groups in total. The number of anilines is 2. The number of halogens is 4. The van der Waals surface area contributed by atoms with Crippen LogP contribution in [0.3, 0.4) is 0 Å². The summed E-state index contributed by atoms with van der Waals surface area (Å²) in [7, 11) is 0. The predicted octanol–water partition coefficient (Wildman–Crippen LogP) is 5.04. The summed E-state index contributed by atoms with van der Waals surface area (Å²) in [6, 6.07) is 16.2. The first-order chi connectivity index (χ1) is 22.8. The average molecular weight is 673 g/mol. The van der Waals surface area contributed by atoms with Crippen molar-refractivity contribution in [3.05, 3.63) is 88.4 Å². The van der Waals surface area contributed by atoms with Crippen molar-refractivity contribution >= 4 is 23.4 Å². The van der Waals surface area contributed by atoms with Crippen LogP contribution in [0.15, 0.2) is 54.7 Å². The molecular formula is C35H44F4N6O3. The topological polar surface area (TPSA) is 106 Å². The molecule has 0 saturated carbocycles. The van der Waals surface area contributed by atoms with Crippen molar-refractivity contribution in [1.29, 1.82) is 0 Å². The van der Waals surface area contributed by atoms with Gasteiger partial charge in [0.2, 0.25) is 0 Å². The van der Waals surface area contributed by atoms with E-state index in [1.54, 1.807) is 6.07 Å². The SMILES string of the molecule is Cc1cc(C)c(C(=O)N2CCN(c3ccc(F)cn3)C[C@@H]2C)cc1CN1CCN(c2ccccc2CCCN)CC1.O=C(O)C(F)(F)F. The number of aromatic nitrogens is 1. The van der Waals surface area contributed by atoms with Gasteiger partial charge in [-0.05, 0) is 86.7 Å². The monoisotopic (exact) mass is 672 g/mol. The van der Waals surface area contributed by atoms with Gasteiger partial charge in [-0.25, -0.2) is 14.2 Å². The quantitative estimate of drug-likeness (QED) is 0.321. The summed E-state index contributed by atoms with van der Waals surface area (Å²) >= 11 is 0. The Bertz CT molecular complexity index is 1540. The Balaban J connectivity index is 0.000000671. The number of hydrogen-bond donors (Lipinski definition) is 2. The second-order valence-corrected chi connectivity index (χ2v) is 12.3. The first-order valence-electron chi connectivity index (χ1n) is 16.1. The number of nitrogens with two attached hydrogens (primary N) is 1. The lowest BCUT2D eigenvalue weighted by Crippen LogP contribution is -2.54. The van der Waals surface area contributed by atoms with Crippen molar-refractivity contribution in [1.82, 2.24) is 14.8 Å². The number of piperazine rings is 2. The fourth-order valence-electron chi connectivity index (χ4n) is 6.19. The van der Waals surface area contributed by atoms with E-state index in [4.69, 9.17) is 15.6 Å². The van der Waals surface area contributed by atoms with Gasteiger partial charge in [0.25, 0.3) is 5.91 Å². The minimum atomic E-state index is -5.08. The van der Waals surface area contributed by atoms with E-state index in [1.807, 2.05) is 11.8 Å². The van der Waals surface area contributed by atoms with Crippen LogP contribution in [-0.4, -0.2) is 96.3 Å². The third-order valence-corrected chi connectivity index (χ3v) is 8.83. The summed E-state index contributed by atoms with van der Waals surface area (Å²) in [4.78, 5) is 36.0. The molecule has 0 spiro atoms. The molecule has 260 valence electrons. The number of carboxylic acids is 1. The minimum Gasteiger partial charge on any atom is -0.475 e. The van der Waals surface area contributed by atoms with Crippen LogP contribution in [0.5, 0.6) is 0 Å². The Hall–Kier alpha value is -4.23. The molecule has 9 nitrogen and oxygen atoms in total. The number of alkyl halides is 3. The maximum atomic E-state index is 13.8. The molecule has 0 aliphatic carbocycles. The summed E-state index contributed by atoms with van der Waals surface area (Å²) in [5.74, 6) is -2.26. The molecule has 2 aliphatic rings. The van der Waals surface area contributed by atoms with Gasteiger partial charge in [0.1, 0.15) is 11.6 Å². The highest BCUT2D eigenvalue weighted by atomic mass is 19.4. The molecule has 2 aromatic carbocycles. The molecule has 0 radical (unpaired) electrons. The van der Waals surface area contributed by atoms with Crippen molar-refractivity contribution in [2.24, 2.45) is 5.73 Å². The van der Waals surface area contributed by atoms with E-state index in [0.29, 0.717) is 26.2 Å². The summed E-state index contributed by atoms with van der Waals surface area (Å²) in [6.07, 6.45) is -1.81. The number of nitrogens with zero attached hydrogens (tertiary/aromatic N) is 5. The lowest BCUT2D eigenvalue weighted by molar-refractivity contribution is -0.192. The number of hydrogen-bond acceptors (Lipinski definition) is 7. The maximum Gasteiger partial charge on any atom is 0.490 e. The Morgan fingerprint density at radius 1 is 0.938 bits per heavy atom. The van der Waals surface area contributed by atoms with Crippen molar-refractivity contribution < 1.29 is 32.3 Å². The van der Waals surface area contributed by atoms with Gasteiger partial charge >= 0.3 is 12.1 Å². The molecule has 2 aliphatic heterocycles. The highest BCUT2D eigenvalue weighted by molar-refractivity contribution is 5.96. The Morgan fingerprint density at radius 3 is 2.21 bits per heavy atom. The lowest BCUT2D eigenvalue weighted by atomic mass is 9.97. The van der Waals surface area contributed by atoms with Gasteiger partial charge in [-0.2, -0.15) is 13.2 Å². The van der Waals surface area contributed by atoms with Crippen LogP contribution in [0.1, 0.15) is 46.0 Å². The van der Waals surface area contributed by atoms with Crippen LogP contribution in [0, 0.1) is 19.7 Å². The number of carboxylic acid groups (broad SMARTS) is 1. The summed E-state index contributed by atoms with van der Waals surface area (Å²) in [5, 5.41) is 7.12. The summed E-state index contributed by atoms with van der Waals surface area (Å²) in [6.45, 7) is 13.7. The molecular weight excluding hydrogens is 628 g/mol. The zero-order valence-corrected chi connectivity index (χ0v) is 27.6. The number of para-hydroxylation sites is 1. The largest absolute Gasteiger partial charge is 0.490 e. The van der Waals surface area contributed by atoms with Gasteiger partial charge in [0, 0.05) is 69.7 Å². The number of benzene rings is 2. The molecule has 5 rings (SSSR count). The number of amides is 1. The molecule has 3 heterocycles. The Labute approximate surface area is 278 Å². The Morgan fingerprint density at radius 2 is 1.60 bits per heavy atom. The number of carbonyl (C=O) groups is 2. The molecule has 13 heteroatoms. The first kappa shape index (κ1) is 36.6. The maximum absolute atomic E-state index is 13.8. The van der Waals surface area contributed by atoms with Crippen LogP contribution < -0.4 is 15.5 Å². The zero-order chi connectivity index (χ0) is 35.0. The molecule has 48 heavy (non-hydrogen) atoms. The molecule has 2 fully saturated rings. The van der Waals surface area contributed by atoms with Crippen molar-refractivity contribution in [2.45, 2.75) is 52.4 Å². The molecule has 1 atom stereocenters. The zero-order valence-electron chi connectivity index (χ0n) is 27.6. The van der Waals surface area contributed by atoms with E-state index >= 15 is 0 Å². The van der Waals surface area contributed by atoms with Crippen LogP contribution in [-0.2, 0) is 17.8 Å². The second kappa shape index (κ2) is 16.2. The third kappa shape index (κ3) is 9.44. The fourth-order valence-corrected chi connectivity index (χ4v) is 6.19. The number of aryl methyl sites for hydroxylation is 3. The normalized spacial score (nSPS) is 17.2. The van der Waals surface area contributed by atoms with Crippen LogP contribution in [0.2, 0.25) is 0 Å². The van der Waals surface area contributed by atoms with E-state index < -0.39 is 12.1 Å². The molecule has 1 aromatic heterocycles. The second-order valence-electron chi connectivity index (χ2n) is 12.3. The Kier molecular flexibility index (Phi) is 12.4. The smallest absolute Gasteiger partial charge is 0.475 e. The predicted molar refractivity (Wildman–Crippen MR) is 178 cm³/mol. The average Bonchev–Trinajstić information content (AvgIpc) is 3.05. The van der Waals surface area contributed by atoms with E-state index in [9.17, 15) is 22.4 Å². The van der Waals surface area contributed by atoms with Gasteiger partial charge in [-0.3, -0.25) is 9.69 Å². The molecule has 0 unspecified atom stereocenters. The van der Waals surface area contributed by atoms with Gasteiger partial charge in [0.15, 0.2) is 0 Å².